The Balaban J connectivity index is 2.43. The van der Waals surface area contributed by atoms with E-state index in [0.717, 1.165) is 30.3 Å². The topological polar surface area (TPSA) is 47.0 Å². The fourth-order valence-electron chi connectivity index (χ4n) is 2.27. The van der Waals surface area contributed by atoms with Crippen LogP contribution in [0.15, 0.2) is 6.33 Å². The Kier molecular flexibility index (Phi) is 8.00. The van der Waals surface area contributed by atoms with Crippen LogP contribution in [-0.2, 0) is 0 Å². The number of nitrogens with zero attached hydrogens (tertiary/aromatic N) is 2. The van der Waals surface area contributed by atoms with E-state index in [2.05, 4.69) is 36.1 Å². The monoisotopic (exact) mass is 279 g/mol. The molecular weight excluding hydrogens is 250 g/mol. The minimum Gasteiger partial charge on any atom is -0.477 e. The first-order chi connectivity index (χ1) is 9.70. The van der Waals surface area contributed by atoms with Gasteiger partial charge in [0, 0.05) is 7.05 Å². The fraction of sp³-hybridized carbons (Fsp3) is 0.750. The number of unbranched alkanes of at least 4 members (excludes halogenated alkanes) is 5. The summed E-state index contributed by atoms with van der Waals surface area (Å²) in [5.74, 6) is 1.94. The van der Waals surface area contributed by atoms with Crippen LogP contribution in [0.25, 0.3) is 0 Å². The van der Waals surface area contributed by atoms with Crippen molar-refractivity contribution in [3.8, 4) is 5.88 Å². The molecule has 0 saturated carbocycles. The zero-order valence-electron chi connectivity index (χ0n) is 13.4. The summed E-state index contributed by atoms with van der Waals surface area (Å²) in [4.78, 5) is 8.54. The second kappa shape index (κ2) is 9.56. The number of nitrogens with one attached hydrogen (secondary N) is 1. The van der Waals surface area contributed by atoms with E-state index in [0.29, 0.717) is 5.92 Å². The zero-order valence-corrected chi connectivity index (χ0v) is 13.4. The van der Waals surface area contributed by atoms with Crippen molar-refractivity contribution in [3.05, 3.63) is 11.9 Å². The van der Waals surface area contributed by atoms with E-state index in [4.69, 9.17) is 4.74 Å². The summed E-state index contributed by atoms with van der Waals surface area (Å²) in [6.45, 7) is 7.26. The Hall–Kier alpha value is -1.32. The van der Waals surface area contributed by atoms with Gasteiger partial charge in [-0.15, -0.1) is 0 Å². The summed E-state index contributed by atoms with van der Waals surface area (Å²) >= 11 is 0. The van der Waals surface area contributed by atoms with Gasteiger partial charge >= 0.3 is 0 Å². The Morgan fingerprint density at radius 3 is 2.45 bits per heavy atom. The van der Waals surface area contributed by atoms with Crippen molar-refractivity contribution in [1.82, 2.24) is 9.97 Å². The van der Waals surface area contributed by atoms with Crippen LogP contribution in [0.3, 0.4) is 0 Å². The molecule has 0 radical (unpaired) electrons. The molecule has 0 spiro atoms. The summed E-state index contributed by atoms with van der Waals surface area (Å²) in [7, 11) is 1.88. The molecule has 0 amide bonds. The van der Waals surface area contributed by atoms with Gasteiger partial charge in [-0.05, 0) is 12.3 Å². The molecule has 1 aromatic heterocycles. The zero-order chi connectivity index (χ0) is 14.8. The lowest BCUT2D eigenvalue weighted by Gasteiger charge is -2.15. The third kappa shape index (κ3) is 5.35. The van der Waals surface area contributed by atoms with Gasteiger partial charge in [0.2, 0.25) is 5.88 Å². The maximum absolute atomic E-state index is 5.86. The van der Waals surface area contributed by atoms with Gasteiger partial charge in [0.15, 0.2) is 0 Å². The fourth-order valence-corrected chi connectivity index (χ4v) is 2.27. The highest BCUT2D eigenvalue weighted by Gasteiger charge is 2.15. The van der Waals surface area contributed by atoms with Crippen molar-refractivity contribution in [2.45, 2.75) is 65.2 Å². The lowest BCUT2D eigenvalue weighted by molar-refractivity contribution is 0.288. The molecule has 1 rings (SSSR count). The second-order valence-corrected chi connectivity index (χ2v) is 5.46. The van der Waals surface area contributed by atoms with Crippen molar-refractivity contribution in [2.75, 3.05) is 19.0 Å². The van der Waals surface area contributed by atoms with Crippen molar-refractivity contribution < 1.29 is 4.74 Å². The molecular formula is C16H29N3O. The third-order valence-corrected chi connectivity index (χ3v) is 3.40. The van der Waals surface area contributed by atoms with Gasteiger partial charge in [0.25, 0.3) is 0 Å². The molecule has 1 aromatic rings. The van der Waals surface area contributed by atoms with Crippen LogP contribution in [0, 0.1) is 0 Å². The SMILES string of the molecule is CCCCCCCCOc1ncnc(NC)c1C(C)C. The molecule has 0 unspecified atom stereocenters. The van der Waals surface area contributed by atoms with Gasteiger partial charge in [-0.25, -0.2) is 9.97 Å². The number of hydrogen-bond acceptors (Lipinski definition) is 4. The molecule has 0 fully saturated rings. The summed E-state index contributed by atoms with van der Waals surface area (Å²) in [5, 5.41) is 3.11. The van der Waals surface area contributed by atoms with Crippen molar-refractivity contribution in [3.63, 3.8) is 0 Å². The minimum atomic E-state index is 0.346. The maximum Gasteiger partial charge on any atom is 0.222 e. The summed E-state index contributed by atoms with van der Waals surface area (Å²) < 4.78 is 5.86. The van der Waals surface area contributed by atoms with E-state index >= 15 is 0 Å². The van der Waals surface area contributed by atoms with Gasteiger partial charge in [0.1, 0.15) is 12.1 Å². The molecule has 20 heavy (non-hydrogen) atoms. The maximum atomic E-state index is 5.86. The number of anilines is 1. The first-order valence-corrected chi connectivity index (χ1v) is 7.86. The first kappa shape index (κ1) is 16.7. The molecule has 114 valence electrons. The Morgan fingerprint density at radius 1 is 1.10 bits per heavy atom. The van der Waals surface area contributed by atoms with Crippen LogP contribution in [0.1, 0.15) is 70.8 Å². The van der Waals surface area contributed by atoms with E-state index in [1.165, 1.54) is 32.1 Å². The van der Waals surface area contributed by atoms with Crippen LogP contribution < -0.4 is 10.1 Å². The van der Waals surface area contributed by atoms with Crippen molar-refractivity contribution in [2.24, 2.45) is 0 Å². The molecule has 0 aliphatic carbocycles. The number of aromatic nitrogens is 2. The smallest absolute Gasteiger partial charge is 0.222 e. The normalized spacial score (nSPS) is 10.8. The molecule has 0 aromatic carbocycles. The molecule has 0 bridgehead atoms. The predicted octanol–water partition coefficient (Wildman–Crippen LogP) is 4.38. The molecule has 0 atom stereocenters. The van der Waals surface area contributed by atoms with Crippen LogP contribution in [0.5, 0.6) is 5.88 Å². The highest BCUT2D eigenvalue weighted by atomic mass is 16.5. The van der Waals surface area contributed by atoms with Crippen molar-refractivity contribution >= 4 is 5.82 Å². The average Bonchev–Trinajstić information content (AvgIpc) is 2.45. The Morgan fingerprint density at radius 2 is 1.80 bits per heavy atom. The predicted molar refractivity (Wildman–Crippen MR) is 84.5 cm³/mol. The second-order valence-electron chi connectivity index (χ2n) is 5.46. The van der Waals surface area contributed by atoms with E-state index in [1.54, 1.807) is 6.33 Å². The van der Waals surface area contributed by atoms with Gasteiger partial charge < -0.3 is 10.1 Å². The molecule has 0 aliphatic heterocycles. The number of rotatable bonds is 10. The van der Waals surface area contributed by atoms with Crippen LogP contribution in [0.4, 0.5) is 5.82 Å². The lowest BCUT2D eigenvalue weighted by atomic mass is 10.1. The van der Waals surface area contributed by atoms with E-state index < -0.39 is 0 Å². The van der Waals surface area contributed by atoms with Crippen LogP contribution in [-0.4, -0.2) is 23.6 Å². The lowest BCUT2D eigenvalue weighted by Crippen LogP contribution is -2.08. The molecule has 1 heterocycles. The van der Waals surface area contributed by atoms with Gasteiger partial charge in [0.05, 0.1) is 12.2 Å². The summed E-state index contributed by atoms with van der Waals surface area (Å²) in [5.41, 5.74) is 1.07. The highest BCUT2D eigenvalue weighted by molar-refractivity contribution is 5.50. The highest BCUT2D eigenvalue weighted by Crippen LogP contribution is 2.29. The summed E-state index contributed by atoms with van der Waals surface area (Å²) in [6.07, 6.45) is 9.18. The molecule has 1 N–H and O–H groups in total. The first-order valence-electron chi connectivity index (χ1n) is 7.86. The Labute approximate surface area is 123 Å². The minimum absolute atomic E-state index is 0.346. The molecule has 4 nitrogen and oxygen atoms in total. The van der Waals surface area contributed by atoms with E-state index in [-0.39, 0.29) is 0 Å². The molecule has 0 aliphatic rings. The summed E-state index contributed by atoms with van der Waals surface area (Å²) in [6, 6.07) is 0. The number of hydrogen-bond donors (Lipinski definition) is 1. The van der Waals surface area contributed by atoms with Crippen LogP contribution >= 0.6 is 0 Å². The largest absolute Gasteiger partial charge is 0.477 e. The molecule has 4 heteroatoms. The quantitative estimate of drug-likeness (QED) is 0.646. The van der Waals surface area contributed by atoms with Gasteiger partial charge in [-0.1, -0.05) is 52.9 Å². The molecule has 0 saturated heterocycles. The third-order valence-electron chi connectivity index (χ3n) is 3.40. The van der Waals surface area contributed by atoms with E-state index in [1.807, 2.05) is 7.05 Å². The standard InChI is InChI=1S/C16H29N3O/c1-5-6-7-8-9-10-11-20-16-14(13(2)3)15(17-4)18-12-19-16/h12-13H,5-11H2,1-4H3,(H,17,18,19). The number of ether oxygens (including phenoxy) is 1. The van der Waals surface area contributed by atoms with Crippen molar-refractivity contribution in [1.29, 1.82) is 0 Å². The van der Waals surface area contributed by atoms with Gasteiger partial charge in [-0.3, -0.25) is 0 Å². The van der Waals surface area contributed by atoms with E-state index in [9.17, 15) is 0 Å². The Bertz CT molecular complexity index is 380. The average molecular weight is 279 g/mol. The van der Waals surface area contributed by atoms with Crippen LogP contribution in [0.2, 0.25) is 0 Å². The van der Waals surface area contributed by atoms with Gasteiger partial charge in [-0.2, -0.15) is 0 Å².